The zero-order valence-corrected chi connectivity index (χ0v) is 46.9. The van der Waals surface area contributed by atoms with Gasteiger partial charge in [0.1, 0.15) is 11.5 Å². The first-order chi connectivity index (χ1) is 35.4. The number of rotatable bonds is 15. The van der Waals surface area contributed by atoms with Gasteiger partial charge in [-0.05, 0) is 190 Å². The number of phenols is 2. The molecule has 0 aliphatic rings. The predicted molar refractivity (Wildman–Crippen MR) is 316 cm³/mol. The lowest BCUT2D eigenvalue weighted by Crippen LogP contribution is -2.25. The Kier molecular flexibility index (Phi) is 27.8. The number of allylic oxidation sites excluding steroid dienone is 2. The standard InChI is InChI=1S/C21H20O5.C18H24N4.C15H18N4.2C4H10/c1-14-10-15(4-8-20(14)25)2-6-18(23)12-19(24)7-3-16-5-9-21(26)17(11-16)13-22;1-18(2,3)19-14-6-8-15(9-7-14)20-21-16-10-12-17(13-11-16)22(4)5;1-16-12-4-6-13(7-5-12)17-18-14-8-10-15(11-9-14)19(2)3;2*1-4(2)3/h2-11,22,25-26H,12-13H2,1H3;6-13,19H,1-5H3;4-11,16H,1-3H3;2*4H,1-3H3/b6-2+,7-3+;;;;. The highest BCUT2D eigenvalue weighted by Crippen LogP contribution is 2.25. The van der Waals surface area contributed by atoms with Gasteiger partial charge in [-0.25, -0.2) is 0 Å². The summed E-state index contributed by atoms with van der Waals surface area (Å²) < 4.78 is 0. The number of azo groups is 2. The SMILES string of the molecule is CC(C)C.CC(C)C.CN(C)c1ccc(N=Nc2ccc(NC(C)(C)C)cc2)cc1.CNc1ccc(N=Nc2ccc(N(C)C)cc2)cc1.Cc1cc(/C=C/C(=O)CC(=O)/C=C/c2ccc(O)c(CO)c2)ccc1O. The summed E-state index contributed by atoms with van der Waals surface area (Å²) in [5.74, 6) is 1.17. The summed E-state index contributed by atoms with van der Waals surface area (Å²) in [7, 11) is 9.95. The van der Waals surface area contributed by atoms with Crippen LogP contribution >= 0.6 is 0 Å². The van der Waals surface area contributed by atoms with Crippen molar-refractivity contribution in [2.45, 2.75) is 87.8 Å². The van der Waals surface area contributed by atoms with Gasteiger partial charge in [0.2, 0.25) is 0 Å². The van der Waals surface area contributed by atoms with Crippen molar-refractivity contribution in [2.75, 3.05) is 55.7 Å². The van der Waals surface area contributed by atoms with Gasteiger partial charge in [0, 0.05) is 69.1 Å². The molecule has 400 valence electrons. The number of aromatic hydroxyl groups is 2. The second-order valence-electron chi connectivity index (χ2n) is 20.3. The van der Waals surface area contributed by atoms with Crippen LogP contribution in [0.15, 0.2) is 166 Å². The lowest BCUT2D eigenvalue weighted by atomic mass is 10.1. The first kappa shape index (κ1) is 63.2. The zero-order valence-electron chi connectivity index (χ0n) is 46.9. The fraction of sp³-hybridized carbons (Fsp3) is 0.323. The molecule has 0 amide bonds. The Balaban J connectivity index is 0.000000361. The highest BCUT2D eigenvalue weighted by atomic mass is 16.3. The molecule has 6 aromatic carbocycles. The van der Waals surface area contributed by atoms with Crippen LogP contribution in [0, 0.1) is 18.8 Å². The zero-order chi connectivity index (χ0) is 56.1. The van der Waals surface area contributed by atoms with Crippen molar-refractivity contribution in [3.8, 4) is 11.5 Å². The van der Waals surface area contributed by atoms with Crippen LogP contribution in [0.5, 0.6) is 11.5 Å². The second kappa shape index (κ2) is 33.0. The smallest absolute Gasteiger partial charge is 0.163 e. The third-order valence-corrected chi connectivity index (χ3v) is 9.60. The summed E-state index contributed by atoms with van der Waals surface area (Å²) in [4.78, 5) is 27.9. The van der Waals surface area contributed by atoms with E-state index in [4.69, 9.17) is 5.11 Å². The molecule has 75 heavy (non-hydrogen) atoms. The molecule has 0 atom stereocenters. The molecule has 0 unspecified atom stereocenters. The lowest BCUT2D eigenvalue weighted by molar-refractivity contribution is -0.121. The summed E-state index contributed by atoms with van der Waals surface area (Å²) in [6.07, 6.45) is 5.50. The summed E-state index contributed by atoms with van der Waals surface area (Å²) in [6, 6.07) is 41.3. The average Bonchev–Trinajstić information content (AvgIpc) is 3.35. The minimum atomic E-state index is -0.347. The van der Waals surface area contributed by atoms with Crippen LogP contribution in [0.1, 0.15) is 91.0 Å². The van der Waals surface area contributed by atoms with Crippen LogP contribution in [-0.4, -0.2) is 67.7 Å². The molecular weight excluding hydrogens is 937 g/mol. The van der Waals surface area contributed by atoms with E-state index in [2.05, 4.69) is 103 Å². The molecule has 13 nitrogen and oxygen atoms in total. The van der Waals surface area contributed by atoms with Crippen molar-refractivity contribution in [2.24, 2.45) is 32.3 Å². The fourth-order valence-electron chi connectivity index (χ4n) is 5.89. The second-order valence-corrected chi connectivity index (χ2v) is 20.3. The first-order valence-corrected chi connectivity index (χ1v) is 25.1. The van der Waals surface area contributed by atoms with Crippen molar-refractivity contribution in [1.29, 1.82) is 0 Å². The van der Waals surface area contributed by atoms with Gasteiger partial charge < -0.3 is 35.8 Å². The third-order valence-electron chi connectivity index (χ3n) is 9.60. The number of carbonyl (C=O) groups excluding carboxylic acids is 2. The van der Waals surface area contributed by atoms with E-state index >= 15 is 0 Å². The monoisotopic (exact) mass is 1020 g/mol. The summed E-state index contributed by atoms with van der Waals surface area (Å²) >= 11 is 0. The number of hydrogen-bond donors (Lipinski definition) is 5. The van der Waals surface area contributed by atoms with Crippen LogP contribution in [0.2, 0.25) is 0 Å². The molecule has 0 saturated carbocycles. The topological polar surface area (TPSA) is 175 Å². The average molecular weight is 1020 g/mol. The Bertz CT molecular complexity index is 2730. The summed E-state index contributed by atoms with van der Waals surface area (Å²) in [6.45, 7) is 20.9. The quantitative estimate of drug-likeness (QED) is 0.0381. The number of aliphatic hydroxyl groups excluding tert-OH is 1. The minimum Gasteiger partial charge on any atom is -0.508 e. The molecule has 6 rings (SSSR count). The first-order valence-electron chi connectivity index (χ1n) is 25.1. The number of benzene rings is 6. The van der Waals surface area contributed by atoms with Crippen LogP contribution in [0.3, 0.4) is 0 Å². The van der Waals surface area contributed by atoms with E-state index in [1.54, 1.807) is 43.3 Å². The highest BCUT2D eigenvalue weighted by molar-refractivity contribution is 6.10. The van der Waals surface area contributed by atoms with E-state index in [1.165, 1.54) is 24.3 Å². The number of aliphatic hydroxyl groups is 1. The number of nitrogens with one attached hydrogen (secondary N) is 2. The van der Waals surface area contributed by atoms with Gasteiger partial charge in [-0.2, -0.15) is 20.5 Å². The molecule has 0 aromatic heterocycles. The molecule has 0 spiro atoms. The van der Waals surface area contributed by atoms with E-state index in [0.717, 1.165) is 62.9 Å². The van der Waals surface area contributed by atoms with Gasteiger partial charge in [-0.3, -0.25) is 9.59 Å². The van der Waals surface area contributed by atoms with E-state index in [0.29, 0.717) is 16.7 Å². The van der Waals surface area contributed by atoms with Gasteiger partial charge >= 0.3 is 0 Å². The number of aryl methyl sites for hydroxylation is 1. The Morgan fingerprint density at radius 1 is 0.547 bits per heavy atom. The van der Waals surface area contributed by atoms with E-state index in [-0.39, 0.29) is 41.6 Å². The third kappa shape index (κ3) is 27.7. The minimum absolute atomic E-state index is 0.0132. The molecule has 0 aliphatic heterocycles. The van der Waals surface area contributed by atoms with Crippen molar-refractivity contribution in [1.82, 2.24) is 0 Å². The molecule has 0 bridgehead atoms. The number of nitrogens with zero attached hydrogens (tertiary/aromatic N) is 6. The molecule has 5 N–H and O–H groups in total. The van der Waals surface area contributed by atoms with Gasteiger partial charge in [0.15, 0.2) is 11.6 Å². The molecule has 6 aromatic rings. The van der Waals surface area contributed by atoms with Crippen LogP contribution in [-0.2, 0) is 16.2 Å². The molecule has 0 fully saturated rings. The van der Waals surface area contributed by atoms with Crippen LogP contribution in [0.25, 0.3) is 12.2 Å². The van der Waals surface area contributed by atoms with Gasteiger partial charge in [0.25, 0.3) is 0 Å². The van der Waals surface area contributed by atoms with Crippen LogP contribution < -0.4 is 20.4 Å². The van der Waals surface area contributed by atoms with Crippen molar-refractivity contribution >= 4 is 69.2 Å². The van der Waals surface area contributed by atoms with Gasteiger partial charge in [-0.1, -0.05) is 65.8 Å². The maximum atomic E-state index is 11.9. The molecule has 0 radical (unpaired) electrons. The fourth-order valence-corrected chi connectivity index (χ4v) is 5.89. The molecule has 0 heterocycles. The van der Waals surface area contributed by atoms with Crippen molar-refractivity contribution < 1.29 is 24.9 Å². The van der Waals surface area contributed by atoms with E-state index in [9.17, 15) is 19.8 Å². The highest BCUT2D eigenvalue weighted by Gasteiger charge is 2.09. The maximum absolute atomic E-state index is 11.9. The molecule has 0 aliphatic carbocycles. The van der Waals surface area contributed by atoms with E-state index < -0.39 is 0 Å². The Morgan fingerprint density at radius 3 is 1.23 bits per heavy atom. The largest absolute Gasteiger partial charge is 0.508 e. The summed E-state index contributed by atoms with van der Waals surface area (Å²) in [5.41, 5.74) is 10.4. The van der Waals surface area contributed by atoms with Crippen molar-refractivity contribution in [3.63, 3.8) is 0 Å². The van der Waals surface area contributed by atoms with Crippen LogP contribution in [0.4, 0.5) is 45.5 Å². The van der Waals surface area contributed by atoms with Gasteiger partial charge in [0.05, 0.1) is 35.8 Å². The molecule has 0 saturated heterocycles. The van der Waals surface area contributed by atoms with Crippen molar-refractivity contribution in [3.05, 3.63) is 168 Å². The number of anilines is 4. The lowest BCUT2D eigenvalue weighted by Gasteiger charge is -2.21. The normalized spacial score (nSPS) is 11.0. The Hall–Kier alpha value is -7.90. The number of phenolic OH excluding ortho intramolecular Hbond substituents is 1. The molecule has 13 heteroatoms. The molecular formula is C62H82N8O5. The number of hydrogen-bond acceptors (Lipinski definition) is 13. The number of ketones is 2. The van der Waals surface area contributed by atoms with E-state index in [1.807, 2.05) is 132 Å². The Morgan fingerprint density at radius 2 is 0.893 bits per heavy atom. The van der Waals surface area contributed by atoms with Gasteiger partial charge in [-0.15, -0.1) is 0 Å². The summed E-state index contributed by atoms with van der Waals surface area (Å²) in [5, 5.41) is 51.5. The predicted octanol–water partition coefficient (Wildman–Crippen LogP) is 16.1. The Labute approximate surface area is 447 Å². The number of carbonyl (C=O) groups is 2. The maximum Gasteiger partial charge on any atom is 0.163 e.